The molecule has 0 fully saturated rings. The van der Waals surface area contributed by atoms with Gasteiger partial charge in [0.25, 0.3) is 0 Å². The second kappa shape index (κ2) is 5.63. The molecule has 0 bridgehead atoms. The Balaban J connectivity index is 2.56. The molecule has 0 aliphatic carbocycles. The minimum absolute atomic E-state index is 0.244. The van der Waals surface area contributed by atoms with Crippen molar-refractivity contribution in [1.29, 1.82) is 0 Å². The van der Waals surface area contributed by atoms with Crippen LogP contribution in [0.25, 0.3) is 0 Å². The summed E-state index contributed by atoms with van der Waals surface area (Å²) in [5.74, 6) is 0. The summed E-state index contributed by atoms with van der Waals surface area (Å²) in [6.45, 7) is 2.94. The second-order valence-corrected chi connectivity index (χ2v) is 1.24. The molecule has 0 amide bonds. The van der Waals surface area contributed by atoms with Crippen LogP contribution in [-0.4, -0.2) is 19.5 Å². The maximum atomic E-state index is 9.55. The van der Waals surface area contributed by atoms with E-state index in [0.717, 1.165) is 12.7 Å². The summed E-state index contributed by atoms with van der Waals surface area (Å²) in [4.78, 5) is 9.55. The molecule has 0 atom stereocenters. The minimum atomic E-state index is 0.244. The third kappa shape index (κ3) is 5.63. The number of hydrogen-bond donors (Lipinski definition) is 0. The zero-order valence-electron chi connectivity index (χ0n) is 4.52. The van der Waals surface area contributed by atoms with Crippen molar-refractivity contribution >= 4 is 6.29 Å². The van der Waals surface area contributed by atoms with Gasteiger partial charge in [-0.15, -0.1) is 0 Å². The summed E-state index contributed by atoms with van der Waals surface area (Å²) < 4.78 is 4.76. The Morgan fingerprint density at radius 1 is 1.71 bits per heavy atom. The summed E-state index contributed by atoms with van der Waals surface area (Å²) >= 11 is 0. The van der Waals surface area contributed by atoms with Crippen LogP contribution in [0.3, 0.4) is 0 Å². The predicted molar refractivity (Wildman–Crippen MR) is 27.2 cm³/mol. The van der Waals surface area contributed by atoms with Crippen molar-refractivity contribution < 1.29 is 9.53 Å². The van der Waals surface area contributed by atoms with E-state index in [9.17, 15) is 4.79 Å². The number of ether oxygens (including phenoxy) is 1. The molecule has 42 valence electrons. The number of carbonyl (C=O) groups excluding carboxylic acids is 1. The molecule has 2 nitrogen and oxygen atoms in total. The maximum absolute atomic E-state index is 9.55. The standard InChI is InChI=1S/C5H10O2/c1-2-4-7-5-3-6/h3H,2,4-5H2,1H3. The smallest absolute Gasteiger partial charge is 0.145 e. The van der Waals surface area contributed by atoms with Crippen LogP contribution in [0.2, 0.25) is 0 Å². The molecular weight excluding hydrogens is 92.1 g/mol. The van der Waals surface area contributed by atoms with E-state index in [1.54, 1.807) is 0 Å². The fraction of sp³-hybridized carbons (Fsp3) is 0.800. The topological polar surface area (TPSA) is 26.3 Å². The fourth-order valence-electron chi connectivity index (χ4n) is 0.276. The molecule has 0 radical (unpaired) electrons. The van der Waals surface area contributed by atoms with Crippen LogP contribution < -0.4 is 0 Å². The van der Waals surface area contributed by atoms with Crippen molar-refractivity contribution in [1.82, 2.24) is 0 Å². The first kappa shape index (κ1) is 6.63. The van der Waals surface area contributed by atoms with Gasteiger partial charge >= 0.3 is 0 Å². The average Bonchev–Trinajstić information content (AvgIpc) is 1.69. The first-order valence-corrected chi connectivity index (χ1v) is 2.43. The third-order valence-electron chi connectivity index (χ3n) is 0.534. The quantitative estimate of drug-likeness (QED) is 0.384. The lowest BCUT2D eigenvalue weighted by Gasteiger charge is -1.90. The minimum Gasteiger partial charge on any atom is -0.374 e. The molecule has 7 heavy (non-hydrogen) atoms. The van der Waals surface area contributed by atoms with E-state index >= 15 is 0 Å². The number of aldehydes is 1. The average molecular weight is 102 g/mol. The molecular formula is C5H10O2. The molecule has 0 aliphatic rings. The highest BCUT2D eigenvalue weighted by atomic mass is 16.5. The van der Waals surface area contributed by atoms with Gasteiger partial charge < -0.3 is 9.53 Å². The van der Waals surface area contributed by atoms with Crippen LogP contribution in [0.5, 0.6) is 0 Å². The summed E-state index contributed by atoms with van der Waals surface area (Å²) in [5.41, 5.74) is 0. The van der Waals surface area contributed by atoms with Crippen molar-refractivity contribution in [3.8, 4) is 0 Å². The van der Waals surface area contributed by atoms with Crippen LogP contribution in [-0.2, 0) is 9.53 Å². The van der Waals surface area contributed by atoms with Crippen LogP contribution in [0.4, 0.5) is 0 Å². The Morgan fingerprint density at radius 3 is 2.86 bits per heavy atom. The molecule has 0 aliphatic heterocycles. The van der Waals surface area contributed by atoms with Gasteiger partial charge in [-0.1, -0.05) is 6.92 Å². The fourth-order valence-corrected chi connectivity index (χ4v) is 0.276. The summed E-state index contributed by atoms with van der Waals surface area (Å²) in [7, 11) is 0. The van der Waals surface area contributed by atoms with E-state index in [1.807, 2.05) is 6.92 Å². The molecule has 0 spiro atoms. The molecule has 0 unspecified atom stereocenters. The molecule has 0 N–H and O–H groups in total. The van der Waals surface area contributed by atoms with E-state index < -0.39 is 0 Å². The van der Waals surface area contributed by atoms with Gasteiger partial charge in [-0.3, -0.25) is 0 Å². The zero-order valence-corrected chi connectivity index (χ0v) is 4.52. The van der Waals surface area contributed by atoms with Gasteiger partial charge in [0.15, 0.2) is 0 Å². The van der Waals surface area contributed by atoms with E-state index in [4.69, 9.17) is 4.74 Å². The number of rotatable bonds is 4. The van der Waals surface area contributed by atoms with Crippen molar-refractivity contribution in [2.75, 3.05) is 13.2 Å². The lowest BCUT2D eigenvalue weighted by atomic mass is 10.5. The molecule has 2 heteroatoms. The van der Waals surface area contributed by atoms with Gasteiger partial charge in [0.05, 0.1) is 0 Å². The van der Waals surface area contributed by atoms with Crippen LogP contribution in [0.15, 0.2) is 0 Å². The van der Waals surface area contributed by atoms with Crippen LogP contribution >= 0.6 is 0 Å². The number of hydrogen-bond acceptors (Lipinski definition) is 2. The molecule has 0 rings (SSSR count). The Kier molecular flexibility index (Phi) is 5.33. The SMILES string of the molecule is CCCOCC=O. The zero-order chi connectivity index (χ0) is 5.54. The highest BCUT2D eigenvalue weighted by Crippen LogP contribution is 1.75. The molecule has 0 aromatic rings. The first-order valence-electron chi connectivity index (χ1n) is 2.43. The lowest BCUT2D eigenvalue weighted by Crippen LogP contribution is -1.94. The molecule has 0 heterocycles. The monoisotopic (exact) mass is 102 g/mol. The first-order chi connectivity index (χ1) is 3.41. The maximum Gasteiger partial charge on any atom is 0.145 e. The normalized spacial score (nSPS) is 8.71. The summed E-state index contributed by atoms with van der Waals surface area (Å²) in [6.07, 6.45) is 1.74. The van der Waals surface area contributed by atoms with Gasteiger partial charge in [0.2, 0.25) is 0 Å². The molecule has 0 saturated carbocycles. The van der Waals surface area contributed by atoms with Gasteiger partial charge in [-0.2, -0.15) is 0 Å². The van der Waals surface area contributed by atoms with Gasteiger partial charge in [-0.25, -0.2) is 0 Å². The number of carbonyl (C=O) groups is 1. The van der Waals surface area contributed by atoms with E-state index in [2.05, 4.69) is 0 Å². The van der Waals surface area contributed by atoms with Crippen LogP contribution in [0, 0.1) is 0 Å². The summed E-state index contributed by atoms with van der Waals surface area (Å²) in [6, 6.07) is 0. The largest absolute Gasteiger partial charge is 0.374 e. The Hall–Kier alpha value is -0.370. The predicted octanol–water partition coefficient (Wildman–Crippen LogP) is 0.612. The van der Waals surface area contributed by atoms with E-state index in [-0.39, 0.29) is 6.61 Å². The van der Waals surface area contributed by atoms with Crippen molar-refractivity contribution in [2.24, 2.45) is 0 Å². The van der Waals surface area contributed by atoms with Crippen LogP contribution in [0.1, 0.15) is 13.3 Å². The Bertz CT molecular complexity index is 43.3. The molecule has 0 saturated heterocycles. The third-order valence-corrected chi connectivity index (χ3v) is 0.534. The van der Waals surface area contributed by atoms with Crippen molar-refractivity contribution in [2.45, 2.75) is 13.3 Å². The van der Waals surface area contributed by atoms with Crippen molar-refractivity contribution in [3.05, 3.63) is 0 Å². The Labute approximate surface area is 43.5 Å². The Morgan fingerprint density at radius 2 is 2.43 bits per heavy atom. The molecule has 0 aromatic heterocycles. The van der Waals surface area contributed by atoms with Gasteiger partial charge in [0, 0.05) is 6.61 Å². The molecule has 0 aromatic carbocycles. The van der Waals surface area contributed by atoms with Crippen molar-refractivity contribution in [3.63, 3.8) is 0 Å². The van der Waals surface area contributed by atoms with E-state index in [0.29, 0.717) is 6.61 Å². The van der Waals surface area contributed by atoms with Gasteiger partial charge in [0.1, 0.15) is 12.9 Å². The highest BCUT2D eigenvalue weighted by Gasteiger charge is 1.77. The van der Waals surface area contributed by atoms with E-state index in [1.165, 1.54) is 0 Å². The lowest BCUT2D eigenvalue weighted by molar-refractivity contribution is -0.111. The summed E-state index contributed by atoms with van der Waals surface area (Å²) in [5, 5.41) is 0. The van der Waals surface area contributed by atoms with Gasteiger partial charge in [-0.05, 0) is 6.42 Å². The second-order valence-electron chi connectivity index (χ2n) is 1.24. The highest BCUT2D eigenvalue weighted by molar-refractivity contribution is 5.50.